The van der Waals surface area contributed by atoms with Gasteiger partial charge in [-0.2, -0.15) is 0 Å². The quantitative estimate of drug-likeness (QED) is 0.654. The monoisotopic (exact) mass is 205 g/mol. The number of hydrogen-bond donors (Lipinski definition) is 1. The topological polar surface area (TPSA) is 12.0 Å². The van der Waals surface area contributed by atoms with Crippen LogP contribution in [0.4, 0.5) is 0 Å². The Morgan fingerprint density at radius 2 is 2.00 bits per heavy atom. The summed E-state index contributed by atoms with van der Waals surface area (Å²) in [5, 5.41) is 3.41. The van der Waals surface area contributed by atoms with E-state index in [1.807, 2.05) is 6.07 Å². The van der Waals surface area contributed by atoms with Crippen molar-refractivity contribution in [2.75, 3.05) is 0 Å². The lowest BCUT2D eigenvalue weighted by Gasteiger charge is -2.24. The molecule has 14 heavy (non-hydrogen) atoms. The second-order valence-corrected chi connectivity index (χ2v) is 4.90. The van der Waals surface area contributed by atoms with E-state index < -0.39 is 0 Å². The number of aryl methyl sites for hydroxylation is 1. The SMILES string of the molecule is CC1(C)CCc2ccccc2C(=S)N1. The molecule has 1 nitrogen and oxygen atoms in total. The molecule has 0 unspecified atom stereocenters. The first-order valence-electron chi connectivity index (χ1n) is 4.99. The van der Waals surface area contributed by atoms with Crippen molar-refractivity contribution < 1.29 is 0 Å². The van der Waals surface area contributed by atoms with Crippen LogP contribution in [0.5, 0.6) is 0 Å². The van der Waals surface area contributed by atoms with Gasteiger partial charge >= 0.3 is 0 Å². The van der Waals surface area contributed by atoms with Crippen LogP contribution in [0.15, 0.2) is 24.3 Å². The molecule has 0 aliphatic carbocycles. The van der Waals surface area contributed by atoms with E-state index in [-0.39, 0.29) is 5.54 Å². The van der Waals surface area contributed by atoms with Crippen molar-refractivity contribution in [2.24, 2.45) is 0 Å². The van der Waals surface area contributed by atoms with Crippen LogP contribution >= 0.6 is 12.2 Å². The molecule has 0 radical (unpaired) electrons. The highest BCUT2D eigenvalue weighted by molar-refractivity contribution is 7.80. The summed E-state index contributed by atoms with van der Waals surface area (Å²) in [6.07, 6.45) is 2.24. The predicted molar refractivity (Wildman–Crippen MR) is 63.7 cm³/mol. The maximum absolute atomic E-state index is 5.39. The number of fused-ring (bicyclic) bond motifs is 1. The molecule has 0 aromatic heterocycles. The lowest BCUT2D eigenvalue weighted by Crippen LogP contribution is -2.41. The molecule has 1 aliphatic rings. The highest BCUT2D eigenvalue weighted by atomic mass is 32.1. The van der Waals surface area contributed by atoms with Gasteiger partial charge in [-0.05, 0) is 32.3 Å². The number of rotatable bonds is 0. The Morgan fingerprint density at radius 3 is 2.79 bits per heavy atom. The molecule has 74 valence electrons. The second kappa shape index (κ2) is 3.35. The molecule has 1 aromatic carbocycles. The molecular formula is C12H15NS. The molecular weight excluding hydrogens is 190 g/mol. The number of nitrogens with one attached hydrogen (secondary N) is 1. The van der Waals surface area contributed by atoms with E-state index >= 15 is 0 Å². The average molecular weight is 205 g/mol. The lowest BCUT2D eigenvalue weighted by atomic mass is 9.97. The Morgan fingerprint density at radius 1 is 1.29 bits per heavy atom. The summed E-state index contributed by atoms with van der Waals surface area (Å²) >= 11 is 5.39. The summed E-state index contributed by atoms with van der Waals surface area (Å²) in [6.45, 7) is 4.40. The molecule has 0 amide bonds. The van der Waals surface area contributed by atoms with Crippen LogP contribution in [0.1, 0.15) is 31.4 Å². The van der Waals surface area contributed by atoms with Gasteiger partial charge in [0.1, 0.15) is 4.99 Å². The van der Waals surface area contributed by atoms with Crippen LogP contribution in [-0.4, -0.2) is 10.5 Å². The van der Waals surface area contributed by atoms with E-state index in [2.05, 4.69) is 37.4 Å². The highest BCUT2D eigenvalue weighted by Gasteiger charge is 2.23. The zero-order valence-corrected chi connectivity index (χ0v) is 9.45. The van der Waals surface area contributed by atoms with Gasteiger partial charge < -0.3 is 5.32 Å². The predicted octanol–water partition coefficient (Wildman–Crippen LogP) is 2.68. The largest absolute Gasteiger partial charge is 0.371 e. The third-order valence-electron chi connectivity index (χ3n) is 2.73. The molecule has 1 heterocycles. The van der Waals surface area contributed by atoms with Crippen molar-refractivity contribution in [1.82, 2.24) is 5.32 Å². The van der Waals surface area contributed by atoms with E-state index in [4.69, 9.17) is 12.2 Å². The Labute approximate surface area is 90.5 Å². The Balaban J connectivity index is 2.41. The lowest BCUT2D eigenvalue weighted by molar-refractivity contribution is 0.434. The average Bonchev–Trinajstić information content (AvgIpc) is 2.24. The van der Waals surface area contributed by atoms with E-state index in [0.717, 1.165) is 17.8 Å². The first kappa shape index (κ1) is 9.66. The van der Waals surface area contributed by atoms with Gasteiger partial charge in [0.05, 0.1) is 0 Å². The van der Waals surface area contributed by atoms with Gasteiger partial charge in [0.15, 0.2) is 0 Å². The first-order valence-corrected chi connectivity index (χ1v) is 5.40. The van der Waals surface area contributed by atoms with E-state index in [9.17, 15) is 0 Å². The second-order valence-electron chi connectivity index (χ2n) is 4.50. The zero-order chi connectivity index (χ0) is 10.2. The van der Waals surface area contributed by atoms with Crippen LogP contribution in [0.2, 0.25) is 0 Å². The third-order valence-corrected chi connectivity index (χ3v) is 3.06. The molecule has 0 atom stereocenters. The van der Waals surface area contributed by atoms with Crippen LogP contribution in [-0.2, 0) is 6.42 Å². The van der Waals surface area contributed by atoms with Crippen LogP contribution < -0.4 is 5.32 Å². The fourth-order valence-electron chi connectivity index (χ4n) is 1.84. The fraction of sp³-hybridized carbons (Fsp3) is 0.417. The van der Waals surface area contributed by atoms with Gasteiger partial charge in [0.25, 0.3) is 0 Å². The molecule has 1 aromatic rings. The molecule has 0 bridgehead atoms. The van der Waals surface area contributed by atoms with E-state index in [0.29, 0.717) is 0 Å². The summed E-state index contributed by atoms with van der Waals surface area (Å²) in [7, 11) is 0. The summed E-state index contributed by atoms with van der Waals surface area (Å²) in [6, 6.07) is 8.40. The Bertz CT molecular complexity index is 368. The molecule has 2 rings (SSSR count). The first-order chi connectivity index (χ1) is 6.58. The van der Waals surface area contributed by atoms with Crippen molar-refractivity contribution in [3.8, 4) is 0 Å². The normalized spacial score (nSPS) is 19.4. The van der Waals surface area contributed by atoms with Crippen LogP contribution in [0, 0.1) is 0 Å². The van der Waals surface area contributed by atoms with Crippen molar-refractivity contribution >= 4 is 17.2 Å². The van der Waals surface area contributed by atoms with Crippen LogP contribution in [0.3, 0.4) is 0 Å². The van der Waals surface area contributed by atoms with Gasteiger partial charge in [0.2, 0.25) is 0 Å². The molecule has 1 N–H and O–H groups in total. The number of thiocarbonyl (C=S) groups is 1. The van der Waals surface area contributed by atoms with Crippen LogP contribution in [0.25, 0.3) is 0 Å². The Hall–Kier alpha value is -0.890. The minimum atomic E-state index is 0.121. The van der Waals surface area contributed by atoms with Crippen molar-refractivity contribution in [3.05, 3.63) is 35.4 Å². The Kier molecular flexibility index (Phi) is 2.31. The zero-order valence-electron chi connectivity index (χ0n) is 8.63. The fourth-order valence-corrected chi connectivity index (χ4v) is 2.32. The van der Waals surface area contributed by atoms with Gasteiger partial charge in [-0.1, -0.05) is 36.5 Å². The highest BCUT2D eigenvalue weighted by Crippen LogP contribution is 2.22. The number of benzene rings is 1. The standard InChI is InChI=1S/C12H15NS/c1-12(2)8-7-9-5-3-4-6-10(9)11(14)13-12/h3-6H,7-8H2,1-2H3,(H,13,14). The molecule has 0 spiro atoms. The van der Waals surface area contributed by atoms with E-state index in [1.54, 1.807) is 0 Å². The van der Waals surface area contributed by atoms with Crippen molar-refractivity contribution in [3.63, 3.8) is 0 Å². The van der Waals surface area contributed by atoms with Crippen molar-refractivity contribution in [1.29, 1.82) is 0 Å². The van der Waals surface area contributed by atoms with E-state index in [1.165, 1.54) is 11.1 Å². The minimum absolute atomic E-state index is 0.121. The third kappa shape index (κ3) is 1.80. The number of hydrogen-bond acceptors (Lipinski definition) is 1. The summed E-state index contributed by atoms with van der Waals surface area (Å²) in [5.41, 5.74) is 2.69. The summed E-state index contributed by atoms with van der Waals surface area (Å²) in [5.74, 6) is 0. The summed E-state index contributed by atoms with van der Waals surface area (Å²) < 4.78 is 0. The van der Waals surface area contributed by atoms with Crippen molar-refractivity contribution in [2.45, 2.75) is 32.2 Å². The minimum Gasteiger partial charge on any atom is -0.371 e. The molecule has 0 fully saturated rings. The molecule has 1 aliphatic heterocycles. The molecule has 2 heteroatoms. The molecule has 0 saturated heterocycles. The maximum atomic E-state index is 5.39. The maximum Gasteiger partial charge on any atom is 0.107 e. The smallest absolute Gasteiger partial charge is 0.107 e. The molecule has 0 saturated carbocycles. The van der Waals surface area contributed by atoms with Gasteiger partial charge in [-0.25, -0.2) is 0 Å². The van der Waals surface area contributed by atoms with Gasteiger partial charge in [-0.3, -0.25) is 0 Å². The summed E-state index contributed by atoms with van der Waals surface area (Å²) in [4.78, 5) is 0.892. The van der Waals surface area contributed by atoms with Gasteiger partial charge in [-0.15, -0.1) is 0 Å². The van der Waals surface area contributed by atoms with Gasteiger partial charge in [0, 0.05) is 11.1 Å².